The van der Waals surface area contributed by atoms with Crippen LogP contribution in [0.25, 0.3) is 0 Å². The van der Waals surface area contributed by atoms with Gasteiger partial charge in [0.05, 0.1) is 18.8 Å². The minimum atomic E-state index is -0.860. The second-order valence-corrected chi connectivity index (χ2v) is 21.5. The summed E-state index contributed by atoms with van der Waals surface area (Å²) in [7, 11) is 0. The Balaban J connectivity index is 3.43. The molecule has 3 N–H and O–H groups in total. The van der Waals surface area contributed by atoms with E-state index in [1.165, 1.54) is 302 Å². The molecule has 0 aromatic carbocycles. The largest absolute Gasteiger partial charge is 0.394 e. The Bertz CT molecular complexity index is 978. The lowest BCUT2D eigenvalue weighted by Gasteiger charge is -2.19. The predicted molar refractivity (Wildman–Crippen MR) is 299 cm³/mol. The van der Waals surface area contributed by atoms with Gasteiger partial charge in [-0.05, 0) is 32.1 Å². The van der Waals surface area contributed by atoms with Crippen LogP contribution in [0.4, 0.5) is 0 Å². The van der Waals surface area contributed by atoms with Crippen molar-refractivity contribution in [1.29, 1.82) is 0 Å². The van der Waals surface area contributed by atoms with Crippen molar-refractivity contribution in [1.82, 2.24) is 5.32 Å². The monoisotopic (exact) mass is 942 g/mol. The third kappa shape index (κ3) is 55.7. The Kier molecular flexibility index (Phi) is 58.2. The molecule has 0 aliphatic carbocycles. The van der Waals surface area contributed by atoms with Gasteiger partial charge in [-0.1, -0.05) is 340 Å². The summed E-state index contributed by atoms with van der Waals surface area (Å²) in [5.74, 6) is -0.0655. The van der Waals surface area contributed by atoms with E-state index in [1.54, 1.807) is 6.08 Å². The number of unbranched alkanes of at least 4 members (excludes halogenated alkanes) is 49. The summed E-state index contributed by atoms with van der Waals surface area (Å²) in [6.07, 6.45) is 79.5. The maximum atomic E-state index is 12.5. The van der Waals surface area contributed by atoms with E-state index in [1.807, 2.05) is 6.08 Å². The molecule has 2 unspecified atom stereocenters. The minimum Gasteiger partial charge on any atom is -0.394 e. The first kappa shape index (κ1) is 65.9. The SMILES string of the molecule is CCCCCCCCCCCCCCCCCC/C=C/CC/C=C/C(O)C(CO)NC(=O)CCCCCCCCCCCCCCCCCCCCCCCCCCCCCCCCCCC. The number of carbonyl (C=O) groups excluding carboxylic acids is 1. The van der Waals surface area contributed by atoms with Gasteiger partial charge in [0.1, 0.15) is 0 Å². The summed E-state index contributed by atoms with van der Waals surface area (Å²) in [4.78, 5) is 12.5. The van der Waals surface area contributed by atoms with Crippen LogP contribution in [-0.2, 0) is 4.79 Å². The quantitative estimate of drug-likeness (QED) is 0.0420. The van der Waals surface area contributed by atoms with Crippen molar-refractivity contribution in [3.63, 3.8) is 0 Å². The first-order valence-corrected chi connectivity index (χ1v) is 31.1. The molecule has 0 bridgehead atoms. The average molecular weight is 943 g/mol. The third-order valence-corrected chi connectivity index (χ3v) is 14.7. The highest BCUT2D eigenvalue weighted by molar-refractivity contribution is 5.76. The van der Waals surface area contributed by atoms with Crippen molar-refractivity contribution in [3.8, 4) is 0 Å². The van der Waals surface area contributed by atoms with E-state index in [2.05, 4.69) is 31.3 Å². The fourth-order valence-corrected chi connectivity index (χ4v) is 9.97. The molecule has 0 aliphatic rings. The summed E-state index contributed by atoms with van der Waals surface area (Å²) in [6.45, 7) is 4.34. The molecule has 1 amide bonds. The first-order chi connectivity index (χ1) is 33.2. The average Bonchev–Trinajstić information content (AvgIpc) is 3.33. The molecule has 0 saturated heterocycles. The van der Waals surface area contributed by atoms with Crippen LogP contribution in [0.15, 0.2) is 24.3 Å². The van der Waals surface area contributed by atoms with Crippen molar-refractivity contribution in [2.75, 3.05) is 6.61 Å². The van der Waals surface area contributed by atoms with Gasteiger partial charge >= 0.3 is 0 Å². The highest BCUT2D eigenvalue weighted by Crippen LogP contribution is 2.18. The summed E-state index contributed by atoms with van der Waals surface area (Å²) in [5.41, 5.74) is 0. The topological polar surface area (TPSA) is 69.6 Å². The molecule has 0 aromatic heterocycles. The van der Waals surface area contributed by atoms with Crippen molar-refractivity contribution in [2.45, 2.75) is 366 Å². The van der Waals surface area contributed by atoms with Crippen molar-refractivity contribution < 1.29 is 15.0 Å². The lowest BCUT2D eigenvalue weighted by atomic mass is 10.0. The van der Waals surface area contributed by atoms with Crippen molar-refractivity contribution in [2.24, 2.45) is 0 Å². The fourth-order valence-electron chi connectivity index (χ4n) is 9.97. The number of carbonyl (C=O) groups is 1. The van der Waals surface area contributed by atoms with Gasteiger partial charge in [-0.15, -0.1) is 0 Å². The highest BCUT2D eigenvalue weighted by Gasteiger charge is 2.18. The zero-order valence-electron chi connectivity index (χ0n) is 46.0. The number of hydrogen-bond donors (Lipinski definition) is 3. The first-order valence-electron chi connectivity index (χ1n) is 31.1. The number of nitrogens with one attached hydrogen (secondary N) is 1. The van der Waals surface area contributed by atoms with Gasteiger partial charge in [0, 0.05) is 6.42 Å². The van der Waals surface area contributed by atoms with E-state index in [0.29, 0.717) is 6.42 Å². The van der Waals surface area contributed by atoms with Gasteiger partial charge in [-0.3, -0.25) is 4.79 Å². The van der Waals surface area contributed by atoms with Crippen LogP contribution in [0.1, 0.15) is 354 Å². The van der Waals surface area contributed by atoms with Gasteiger partial charge in [-0.25, -0.2) is 0 Å². The van der Waals surface area contributed by atoms with Crippen LogP contribution >= 0.6 is 0 Å². The Morgan fingerprint density at radius 2 is 0.582 bits per heavy atom. The molecule has 0 rings (SSSR count). The van der Waals surface area contributed by atoms with E-state index >= 15 is 0 Å². The van der Waals surface area contributed by atoms with Crippen LogP contribution in [-0.4, -0.2) is 34.9 Å². The van der Waals surface area contributed by atoms with E-state index in [9.17, 15) is 15.0 Å². The van der Waals surface area contributed by atoms with Crippen LogP contribution in [0.2, 0.25) is 0 Å². The molecular weight excluding hydrogens is 819 g/mol. The molecule has 4 nitrogen and oxygen atoms in total. The number of amides is 1. The maximum absolute atomic E-state index is 12.5. The van der Waals surface area contributed by atoms with E-state index < -0.39 is 12.1 Å². The summed E-state index contributed by atoms with van der Waals surface area (Å²) >= 11 is 0. The molecule has 0 saturated carbocycles. The molecule has 2 atom stereocenters. The zero-order chi connectivity index (χ0) is 48.5. The molecule has 0 aromatic rings. The number of aliphatic hydroxyl groups excluding tert-OH is 2. The molecule has 0 radical (unpaired) electrons. The van der Waals surface area contributed by atoms with Crippen LogP contribution in [0.3, 0.4) is 0 Å². The van der Waals surface area contributed by atoms with Gasteiger partial charge < -0.3 is 15.5 Å². The second-order valence-electron chi connectivity index (χ2n) is 21.5. The second kappa shape index (κ2) is 59.2. The zero-order valence-corrected chi connectivity index (χ0v) is 46.0. The molecule has 0 heterocycles. The van der Waals surface area contributed by atoms with Gasteiger partial charge in [0.2, 0.25) is 5.91 Å². The van der Waals surface area contributed by atoms with Crippen LogP contribution < -0.4 is 5.32 Å². The van der Waals surface area contributed by atoms with Crippen molar-refractivity contribution >= 4 is 5.91 Å². The Morgan fingerprint density at radius 1 is 0.343 bits per heavy atom. The van der Waals surface area contributed by atoms with E-state index in [4.69, 9.17) is 0 Å². The Hall–Kier alpha value is -1.13. The smallest absolute Gasteiger partial charge is 0.220 e. The maximum Gasteiger partial charge on any atom is 0.220 e. The lowest BCUT2D eigenvalue weighted by Crippen LogP contribution is -2.45. The van der Waals surface area contributed by atoms with Gasteiger partial charge in [0.15, 0.2) is 0 Å². The molecule has 0 aliphatic heterocycles. The Labute approximate surface area is 421 Å². The van der Waals surface area contributed by atoms with Crippen LogP contribution in [0, 0.1) is 0 Å². The lowest BCUT2D eigenvalue weighted by molar-refractivity contribution is -0.123. The molecule has 0 fully saturated rings. The van der Waals surface area contributed by atoms with Crippen LogP contribution in [0.5, 0.6) is 0 Å². The summed E-state index contributed by atoms with van der Waals surface area (Å²) < 4.78 is 0. The highest BCUT2D eigenvalue weighted by atomic mass is 16.3. The van der Waals surface area contributed by atoms with Crippen molar-refractivity contribution in [3.05, 3.63) is 24.3 Å². The summed E-state index contributed by atoms with van der Waals surface area (Å²) in [5, 5.41) is 23.2. The number of aliphatic hydroxyl groups is 2. The molecule has 398 valence electrons. The van der Waals surface area contributed by atoms with E-state index in [-0.39, 0.29) is 12.5 Å². The molecule has 67 heavy (non-hydrogen) atoms. The molecule has 4 heteroatoms. The fraction of sp³-hybridized carbons (Fsp3) is 0.921. The van der Waals surface area contributed by atoms with Gasteiger partial charge in [0.25, 0.3) is 0 Å². The predicted octanol–water partition coefficient (Wildman–Crippen LogP) is 20.7. The minimum absolute atomic E-state index is 0.0655. The standard InChI is InChI=1S/C63H123NO3/c1-3-5-7-9-11-13-15-17-19-21-23-25-27-28-29-30-31-32-33-34-35-36-37-39-41-43-45-47-49-51-53-55-57-59-63(67)64-61(60-65)62(66)58-56-54-52-50-48-46-44-42-40-38-26-24-22-20-18-16-14-12-10-8-6-4-2/h48,50,56,58,61-62,65-66H,3-47,49,51-55,57,59-60H2,1-2H3,(H,64,67)/b50-48+,58-56+. The molecular formula is C63H123NO3. The van der Waals surface area contributed by atoms with Gasteiger partial charge in [-0.2, -0.15) is 0 Å². The normalized spacial score (nSPS) is 12.8. The third-order valence-electron chi connectivity index (χ3n) is 14.7. The number of allylic oxidation sites excluding steroid dienone is 3. The summed E-state index contributed by atoms with van der Waals surface area (Å²) in [6, 6.07) is -0.637. The number of hydrogen-bond acceptors (Lipinski definition) is 3. The molecule has 0 spiro atoms. The van der Waals surface area contributed by atoms with E-state index in [0.717, 1.165) is 32.1 Å². The Morgan fingerprint density at radius 3 is 0.866 bits per heavy atom. The number of rotatable bonds is 58.